The van der Waals surface area contributed by atoms with Crippen LogP contribution in [0.2, 0.25) is 0 Å². The van der Waals surface area contributed by atoms with E-state index in [0.29, 0.717) is 10.9 Å². The Labute approximate surface area is 186 Å². The molecule has 1 saturated heterocycles. The smallest absolute Gasteiger partial charge is 0.112 e. The van der Waals surface area contributed by atoms with E-state index in [1.807, 2.05) is 6.07 Å². The van der Waals surface area contributed by atoms with Crippen molar-refractivity contribution in [2.45, 2.75) is 19.1 Å². The number of benzene rings is 3. The highest BCUT2D eigenvalue weighted by Gasteiger charge is 2.22. The van der Waals surface area contributed by atoms with Gasteiger partial charge in [0.15, 0.2) is 0 Å². The van der Waals surface area contributed by atoms with Gasteiger partial charge in [-0.25, -0.2) is 4.98 Å². The SMILES string of the molecule is S=C([S-])N1CCOC(Cc2nc3ccccc3n2Cc2ccc3ccccc3c2)C1. The summed E-state index contributed by atoms with van der Waals surface area (Å²) in [5.41, 5.74) is 3.42. The minimum atomic E-state index is 0.0341. The monoisotopic (exact) mass is 432 g/mol. The highest BCUT2D eigenvalue weighted by molar-refractivity contribution is 8.00. The molecule has 0 spiro atoms. The number of fused-ring (bicyclic) bond motifs is 2. The summed E-state index contributed by atoms with van der Waals surface area (Å²) in [6, 6.07) is 23.4. The van der Waals surface area contributed by atoms with Crippen molar-refractivity contribution in [1.29, 1.82) is 0 Å². The molecule has 4 nitrogen and oxygen atoms in total. The zero-order valence-electron chi connectivity index (χ0n) is 16.5. The van der Waals surface area contributed by atoms with Crippen molar-refractivity contribution in [1.82, 2.24) is 14.5 Å². The van der Waals surface area contributed by atoms with Gasteiger partial charge in [0.05, 0.1) is 23.7 Å². The van der Waals surface area contributed by atoms with Crippen LogP contribution in [0.3, 0.4) is 0 Å². The normalized spacial score (nSPS) is 16.9. The number of hydrogen-bond donors (Lipinski definition) is 0. The van der Waals surface area contributed by atoms with Crippen molar-refractivity contribution in [3.05, 3.63) is 78.1 Å². The molecule has 1 aromatic heterocycles. The van der Waals surface area contributed by atoms with Crippen LogP contribution in [-0.2, 0) is 30.3 Å². The number of ether oxygens (including phenoxy) is 1. The summed E-state index contributed by atoms with van der Waals surface area (Å²) in [5.74, 6) is 1.03. The quantitative estimate of drug-likeness (QED) is 0.354. The predicted octanol–water partition coefficient (Wildman–Crippen LogP) is 4.31. The molecule has 0 amide bonds. The topological polar surface area (TPSA) is 30.3 Å². The number of aromatic nitrogens is 2. The van der Waals surface area contributed by atoms with Gasteiger partial charge in [-0.3, -0.25) is 0 Å². The molecule has 1 unspecified atom stereocenters. The number of imidazole rings is 1. The summed E-state index contributed by atoms with van der Waals surface area (Å²) >= 11 is 10.4. The number of morpholine rings is 1. The van der Waals surface area contributed by atoms with Gasteiger partial charge in [-0.1, -0.05) is 52.9 Å². The molecule has 1 aliphatic rings. The third-order valence-corrected chi connectivity index (χ3v) is 6.21. The lowest BCUT2D eigenvalue weighted by Crippen LogP contribution is -2.45. The maximum atomic E-state index is 6.02. The van der Waals surface area contributed by atoms with E-state index in [4.69, 9.17) is 34.6 Å². The zero-order chi connectivity index (χ0) is 20.5. The molecule has 152 valence electrons. The van der Waals surface area contributed by atoms with Crippen LogP contribution in [0.25, 0.3) is 21.8 Å². The van der Waals surface area contributed by atoms with Gasteiger partial charge in [0, 0.05) is 26.1 Å². The van der Waals surface area contributed by atoms with Crippen LogP contribution in [0.1, 0.15) is 11.4 Å². The van der Waals surface area contributed by atoms with Crippen LogP contribution in [0.4, 0.5) is 0 Å². The summed E-state index contributed by atoms with van der Waals surface area (Å²) < 4.78 is 8.85. The standard InChI is InChI=1S/C24H23N3OS2/c29-24(30)26-11-12-28-20(16-26)14-23-25-21-7-3-4-8-22(21)27(23)15-17-9-10-18-5-1-2-6-19(18)13-17/h1-10,13,20H,11-12,14-16H2,(H,29,30)/p-1. The van der Waals surface area contributed by atoms with E-state index >= 15 is 0 Å². The van der Waals surface area contributed by atoms with Crippen molar-refractivity contribution >= 4 is 51.0 Å². The Morgan fingerprint density at radius 1 is 1.07 bits per heavy atom. The largest absolute Gasteiger partial charge is 0.411 e. The molecule has 0 aliphatic carbocycles. The molecule has 0 N–H and O–H groups in total. The first-order chi connectivity index (χ1) is 14.7. The third kappa shape index (κ3) is 3.90. The average molecular weight is 433 g/mol. The maximum Gasteiger partial charge on any atom is 0.112 e. The first-order valence-electron chi connectivity index (χ1n) is 10.2. The molecule has 1 atom stereocenters. The molecule has 1 fully saturated rings. The maximum absolute atomic E-state index is 6.02. The number of hydrogen-bond acceptors (Lipinski definition) is 4. The van der Waals surface area contributed by atoms with Crippen LogP contribution in [0, 0.1) is 0 Å². The second kappa shape index (κ2) is 8.30. The Morgan fingerprint density at radius 2 is 1.87 bits per heavy atom. The summed E-state index contributed by atoms with van der Waals surface area (Å²) in [6.07, 6.45) is 0.767. The lowest BCUT2D eigenvalue weighted by atomic mass is 10.1. The minimum Gasteiger partial charge on any atom is -0.411 e. The van der Waals surface area contributed by atoms with E-state index in [1.54, 1.807) is 0 Å². The van der Waals surface area contributed by atoms with Gasteiger partial charge in [-0.2, -0.15) is 0 Å². The van der Waals surface area contributed by atoms with E-state index < -0.39 is 0 Å². The van der Waals surface area contributed by atoms with Gasteiger partial charge in [-0.05, 0) is 34.5 Å². The molecule has 2 heterocycles. The van der Waals surface area contributed by atoms with E-state index in [2.05, 4.69) is 70.1 Å². The van der Waals surface area contributed by atoms with Crippen LogP contribution < -0.4 is 0 Å². The van der Waals surface area contributed by atoms with Crippen molar-refractivity contribution in [3.63, 3.8) is 0 Å². The molecule has 4 aromatic rings. The van der Waals surface area contributed by atoms with Crippen molar-refractivity contribution in [2.75, 3.05) is 19.7 Å². The highest BCUT2D eigenvalue weighted by Crippen LogP contribution is 2.22. The Morgan fingerprint density at radius 3 is 2.73 bits per heavy atom. The summed E-state index contributed by atoms with van der Waals surface area (Å²) in [5, 5.41) is 2.51. The Hall–Kier alpha value is -2.54. The van der Waals surface area contributed by atoms with Crippen molar-refractivity contribution in [3.8, 4) is 0 Å². The number of rotatable bonds is 4. The highest BCUT2D eigenvalue weighted by atomic mass is 32.1. The van der Waals surface area contributed by atoms with Gasteiger partial charge >= 0.3 is 0 Å². The van der Waals surface area contributed by atoms with Gasteiger partial charge in [0.2, 0.25) is 0 Å². The van der Waals surface area contributed by atoms with Crippen LogP contribution in [-0.4, -0.2) is 44.6 Å². The van der Waals surface area contributed by atoms with Crippen LogP contribution in [0.15, 0.2) is 66.7 Å². The molecule has 6 heteroatoms. The summed E-state index contributed by atoms with van der Waals surface area (Å²) in [7, 11) is 0. The van der Waals surface area contributed by atoms with E-state index in [0.717, 1.165) is 42.9 Å². The fourth-order valence-corrected chi connectivity index (χ4v) is 4.52. The van der Waals surface area contributed by atoms with E-state index in [1.165, 1.54) is 16.3 Å². The van der Waals surface area contributed by atoms with E-state index in [9.17, 15) is 0 Å². The van der Waals surface area contributed by atoms with Gasteiger partial charge < -0.3 is 39.1 Å². The first-order valence-corrected chi connectivity index (χ1v) is 11.0. The third-order valence-electron chi connectivity index (χ3n) is 5.70. The fourth-order valence-electron chi connectivity index (χ4n) is 4.19. The second-order valence-corrected chi connectivity index (χ2v) is 8.73. The molecular weight excluding hydrogens is 410 g/mol. The molecule has 5 rings (SSSR count). The zero-order valence-corrected chi connectivity index (χ0v) is 18.2. The molecule has 30 heavy (non-hydrogen) atoms. The summed E-state index contributed by atoms with van der Waals surface area (Å²) in [4.78, 5) is 6.99. The molecule has 1 aliphatic heterocycles. The van der Waals surface area contributed by atoms with Crippen molar-refractivity contribution < 1.29 is 4.74 Å². The number of nitrogens with zero attached hydrogens (tertiary/aromatic N) is 3. The first kappa shape index (κ1) is 19.4. The Bertz CT molecular complexity index is 1220. The molecule has 0 bridgehead atoms. The lowest BCUT2D eigenvalue weighted by Gasteiger charge is -2.36. The predicted molar refractivity (Wildman–Crippen MR) is 128 cm³/mol. The van der Waals surface area contributed by atoms with Crippen molar-refractivity contribution in [2.24, 2.45) is 0 Å². The Balaban J connectivity index is 1.48. The van der Waals surface area contributed by atoms with E-state index in [-0.39, 0.29) is 6.10 Å². The molecule has 0 radical (unpaired) electrons. The lowest BCUT2D eigenvalue weighted by molar-refractivity contribution is -0.00440. The van der Waals surface area contributed by atoms with Gasteiger partial charge in [0.25, 0.3) is 0 Å². The Kier molecular flexibility index (Phi) is 5.37. The fraction of sp³-hybridized carbons (Fsp3) is 0.250. The van der Waals surface area contributed by atoms with Gasteiger partial charge in [-0.15, -0.1) is 0 Å². The molecule has 0 saturated carbocycles. The van der Waals surface area contributed by atoms with Crippen LogP contribution >= 0.6 is 12.2 Å². The number of para-hydroxylation sites is 2. The summed E-state index contributed by atoms with van der Waals surface area (Å²) in [6.45, 7) is 2.91. The average Bonchev–Trinajstić information content (AvgIpc) is 3.11. The van der Waals surface area contributed by atoms with Gasteiger partial charge in [0.1, 0.15) is 5.82 Å². The van der Waals surface area contributed by atoms with Crippen LogP contribution in [0.5, 0.6) is 0 Å². The number of thiocarbonyl (C=S) groups is 1. The second-order valence-electron chi connectivity index (χ2n) is 7.69. The molecule has 3 aromatic carbocycles. The molecular formula is C24H22N3OS2-. The minimum absolute atomic E-state index is 0.0341.